The summed E-state index contributed by atoms with van der Waals surface area (Å²) in [5, 5.41) is 3.06. The smallest absolute Gasteiger partial charge is 0.300 e. The minimum Gasteiger partial charge on any atom is -0.300 e. The van der Waals surface area contributed by atoms with Crippen LogP contribution in [-0.2, 0) is 43.8 Å². The summed E-state index contributed by atoms with van der Waals surface area (Å²) in [5.74, 6) is 2.56. The summed E-state index contributed by atoms with van der Waals surface area (Å²) >= 11 is 8.58. The maximum atomic E-state index is 8.74. The van der Waals surface area contributed by atoms with Crippen molar-refractivity contribution in [3.8, 4) is 0 Å². The molecule has 0 atom stereocenters. The fourth-order valence-electron chi connectivity index (χ4n) is 10.8. The molecule has 2 saturated carbocycles. The average Bonchev–Trinajstić information content (AvgIpc) is 3.82. The highest BCUT2D eigenvalue weighted by Crippen LogP contribution is 2.61. The Balaban J connectivity index is 0.000000161. The molecule has 4 aromatic carbocycles. The summed E-state index contributed by atoms with van der Waals surface area (Å²) in [4.78, 5) is 8.28. The monoisotopic (exact) mass is 900 g/mol. The lowest BCUT2D eigenvalue weighted by Gasteiger charge is -2.51. The van der Waals surface area contributed by atoms with Crippen molar-refractivity contribution in [1.29, 1.82) is 0 Å². The minimum absolute atomic E-state index is 0. The van der Waals surface area contributed by atoms with Gasteiger partial charge in [-0.15, -0.1) is 46.2 Å². The Hall–Kier alpha value is -2.71. The van der Waals surface area contributed by atoms with Crippen LogP contribution in [0.5, 0.6) is 0 Å². The van der Waals surface area contributed by atoms with Crippen molar-refractivity contribution in [2.45, 2.75) is 92.2 Å². The Bertz CT molecular complexity index is 2310. The number of fused-ring (bicyclic) bond motifs is 8. The van der Waals surface area contributed by atoms with Crippen LogP contribution >= 0.6 is 46.2 Å². The highest BCUT2D eigenvalue weighted by Gasteiger charge is 2.50. The number of hydrogen-bond acceptors (Lipinski definition) is 8. The van der Waals surface area contributed by atoms with Crippen LogP contribution in [0.1, 0.15) is 90.8 Å². The maximum absolute atomic E-state index is 8.74. The number of hydrogen-bond donors (Lipinski definition) is 2. The van der Waals surface area contributed by atoms with E-state index in [9.17, 15) is 0 Å². The molecule has 6 aromatic rings. The molecule has 0 bridgehead atoms. The van der Waals surface area contributed by atoms with Gasteiger partial charge in [0.1, 0.15) is 0 Å². The van der Waals surface area contributed by atoms with Gasteiger partial charge in [0.15, 0.2) is 0 Å². The molecular weight excluding hydrogens is 841 g/mol. The third-order valence-electron chi connectivity index (χ3n) is 13.8. The molecule has 320 valence electrons. The zero-order valence-electron chi connectivity index (χ0n) is 34.5. The van der Waals surface area contributed by atoms with Crippen molar-refractivity contribution < 1.29 is 17.5 Å². The number of benzene rings is 4. The van der Waals surface area contributed by atoms with E-state index < -0.39 is 10.4 Å². The fraction of sp³-hybridized carbons (Fsp3) is 0.429. The van der Waals surface area contributed by atoms with Gasteiger partial charge in [0, 0.05) is 39.7 Å². The molecule has 2 aliphatic heterocycles. The highest BCUT2D eigenvalue weighted by molar-refractivity contribution is 8.00. The van der Waals surface area contributed by atoms with Gasteiger partial charge in [-0.3, -0.25) is 18.9 Å². The van der Waals surface area contributed by atoms with Gasteiger partial charge in [0.05, 0.1) is 0 Å². The van der Waals surface area contributed by atoms with E-state index in [-0.39, 0.29) is 18.5 Å². The predicted molar refractivity (Wildman–Crippen MR) is 261 cm³/mol. The summed E-state index contributed by atoms with van der Waals surface area (Å²) in [6.07, 6.45) is 12.5. The third-order valence-corrected chi connectivity index (χ3v) is 19.4. The molecule has 2 N–H and O–H groups in total. The van der Waals surface area contributed by atoms with Gasteiger partial charge < -0.3 is 0 Å². The Morgan fingerprint density at radius 3 is 1.15 bits per heavy atom. The standard InChI is InChI=1S/2C24H27NS2.CH4.H2O4S/c2*1-25(2)23(18-8-4-3-5-9-18)13-15-24(16-14-23)22-19-10-6-7-11-20(19)27-21(22)12-17-26-24;;1-5(2,3)4/h2*3-11H,12-17H2,1-2H3;1H4;(H2,1,2,3,4). The minimum atomic E-state index is -4.67. The van der Waals surface area contributed by atoms with Crippen LogP contribution < -0.4 is 0 Å². The van der Waals surface area contributed by atoms with Crippen molar-refractivity contribution >= 4 is 76.8 Å². The molecule has 0 unspecified atom stereocenters. The second-order valence-corrected chi connectivity index (χ2v) is 23.1. The van der Waals surface area contributed by atoms with E-state index in [1.807, 2.05) is 22.7 Å². The third kappa shape index (κ3) is 8.65. The molecule has 6 nitrogen and oxygen atoms in total. The second kappa shape index (κ2) is 18.2. The molecule has 2 aliphatic carbocycles. The van der Waals surface area contributed by atoms with E-state index in [1.54, 1.807) is 20.9 Å². The summed E-state index contributed by atoms with van der Waals surface area (Å²) in [7, 11) is 4.41. The van der Waals surface area contributed by atoms with Crippen molar-refractivity contribution in [2.75, 3.05) is 39.7 Å². The number of thioether (sulfide) groups is 2. The molecule has 0 saturated heterocycles. The Labute approximate surface area is 374 Å². The first-order valence-electron chi connectivity index (χ1n) is 20.7. The number of aryl methyl sites for hydroxylation is 2. The first kappa shape index (κ1) is 45.3. The van der Waals surface area contributed by atoms with E-state index in [2.05, 4.69) is 171 Å². The molecule has 11 heteroatoms. The Kier molecular flexibility index (Phi) is 13.7. The first-order valence-corrected chi connectivity index (χ1v) is 25.7. The van der Waals surface area contributed by atoms with Crippen LogP contribution in [-0.4, -0.2) is 67.0 Å². The molecule has 4 aliphatic rings. The van der Waals surface area contributed by atoms with Crippen LogP contribution in [0.2, 0.25) is 0 Å². The molecule has 4 heterocycles. The molecular formula is C49H60N2O4S5. The highest BCUT2D eigenvalue weighted by atomic mass is 32.3. The summed E-state index contributed by atoms with van der Waals surface area (Å²) in [5.41, 5.74) is 6.72. The van der Waals surface area contributed by atoms with Gasteiger partial charge in [-0.2, -0.15) is 8.42 Å². The Morgan fingerprint density at radius 2 is 0.817 bits per heavy atom. The van der Waals surface area contributed by atoms with E-state index in [0.717, 1.165) is 0 Å². The van der Waals surface area contributed by atoms with Gasteiger partial charge in [-0.05, 0) is 149 Å². The predicted octanol–water partition coefficient (Wildman–Crippen LogP) is 12.8. The molecule has 60 heavy (non-hydrogen) atoms. The SMILES string of the molecule is C.CN(C)C1(c2ccccc2)CCC2(CC1)SCCc1sc3ccccc3c12.CN(C)C1(c2ccccc2)CCC2(CC1)SCCc1sc3ccccc3c12.O=S(=O)(O)O. The van der Waals surface area contributed by atoms with Crippen LogP contribution in [0.15, 0.2) is 109 Å². The second-order valence-electron chi connectivity index (χ2n) is 17.0. The van der Waals surface area contributed by atoms with E-state index in [0.29, 0.717) is 9.49 Å². The zero-order valence-corrected chi connectivity index (χ0v) is 38.6. The lowest BCUT2D eigenvalue weighted by Crippen LogP contribution is -2.47. The molecule has 0 radical (unpaired) electrons. The number of nitrogens with zero attached hydrogens (tertiary/aromatic N) is 2. The van der Waals surface area contributed by atoms with Crippen molar-refractivity contribution in [3.05, 3.63) is 141 Å². The van der Waals surface area contributed by atoms with E-state index in [4.69, 9.17) is 17.5 Å². The molecule has 2 fully saturated rings. The van der Waals surface area contributed by atoms with Crippen molar-refractivity contribution in [2.24, 2.45) is 0 Å². The van der Waals surface area contributed by atoms with Crippen LogP contribution in [0.25, 0.3) is 20.2 Å². The van der Waals surface area contributed by atoms with E-state index >= 15 is 0 Å². The van der Waals surface area contributed by atoms with Crippen LogP contribution in [0, 0.1) is 0 Å². The van der Waals surface area contributed by atoms with Crippen molar-refractivity contribution in [1.82, 2.24) is 9.80 Å². The van der Waals surface area contributed by atoms with Crippen molar-refractivity contribution in [3.63, 3.8) is 0 Å². The summed E-state index contributed by atoms with van der Waals surface area (Å²) < 4.78 is 35.2. The largest absolute Gasteiger partial charge is 0.394 e. The first-order chi connectivity index (χ1) is 28.3. The zero-order chi connectivity index (χ0) is 41.5. The average molecular weight is 901 g/mol. The van der Waals surface area contributed by atoms with Crippen LogP contribution in [0.3, 0.4) is 0 Å². The number of thiophene rings is 2. The van der Waals surface area contributed by atoms with Gasteiger partial charge >= 0.3 is 10.4 Å². The quantitative estimate of drug-likeness (QED) is 0.169. The fourth-order valence-corrected chi connectivity index (χ4v) is 16.9. The summed E-state index contributed by atoms with van der Waals surface area (Å²) in [6.45, 7) is 0. The molecule has 2 aromatic heterocycles. The number of rotatable bonds is 4. The maximum Gasteiger partial charge on any atom is 0.394 e. The molecule has 0 amide bonds. The topological polar surface area (TPSA) is 81.1 Å². The normalized spacial score (nSPS) is 26.1. The summed E-state index contributed by atoms with van der Waals surface area (Å²) in [6, 6.07) is 40.6. The lowest BCUT2D eigenvalue weighted by atomic mass is 9.69. The molecule has 10 rings (SSSR count). The lowest BCUT2D eigenvalue weighted by molar-refractivity contribution is 0.0849. The van der Waals surface area contributed by atoms with Gasteiger partial charge in [-0.1, -0.05) is 104 Å². The van der Waals surface area contributed by atoms with Gasteiger partial charge in [0.2, 0.25) is 0 Å². The van der Waals surface area contributed by atoms with Crippen LogP contribution in [0.4, 0.5) is 0 Å². The Morgan fingerprint density at radius 1 is 0.500 bits per heavy atom. The molecule has 2 spiro atoms. The van der Waals surface area contributed by atoms with Gasteiger partial charge in [0.25, 0.3) is 0 Å². The van der Waals surface area contributed by atoms with E-state index in [1.165, 1.54) is 107 Å². The van der Waals surface area contributed by atoms with Gasteiger partial charge in [-0.25, -0.2) is 0 Å².